The van der Waals surface area contributed by atoms with Gasteiger partial charge in [0.1, 0.15) is 12.6 Å². The van der Waals surface area contributed by atoms with Crippen molar-refractivity contribution in [2.75, 3.05) is 6.54 Å². The van der Waals surface area contributed by atoms with Gasteiger partial charge in [-0.2, -0.15) is 0 Å². The molecule has 0 fully saturated rings. The summed E-state index contributed by atoms with van der Waals surface area (Å²) in [7, 11) is 0. The number of esters is 1. The fourth-order valence-corrected chi connectivity index (χ4v) is 4.48. The summed E-state index contributed by atoms with van der Waals surface area (Å²) in [5.41, 5.74) is 0. The summed E-state index contributed by atoms with van der Waals surface area (Å²) in [6, 6.07) is 0. The summed E-state index contributed by atoms with van der Waals surface area (Å²) < 4.78 is 5.84. The number of carboxylic acid groups (broad SMARTS) is 1. The van der Waals surface area contributed by atoms with Crippen LogP contribution in [0.3, 0.4) is 0 Å². The first kappa shape index (κ1) is 36.9. The van der Waals surface area contributed by atoms with Crippen molar-refractivity contribution in [3.63, 3.8) is 0 Å². The van der Waals surface area contributed by atoms with E-state index in [-0.39, 0.29) is 24.5 Å². The Balaban J connectivity index is 3.96. The van der Waals surface area contributed by atoms with Gasteiger partial charge in [-0.05, 0) is 70.6 Å². The second-order valence-corrected chi connectivity index (χ2v) is 10.7. The van der Waals surface area contributed by atoms with E-state index in [2.05, 4.69) is 43.5 Å². The van der Waals surface area contributed by atoms with Crippen LogP contribution < -0.4 is 5.32 Å². The van der Waals surface area contributed by atoms with E-state index in [0.717, 1.165) is 57.8 Å². The molecule has 39 heavy (non-hydrogen) atoms. The molecule has 6 nitrogen and oxygen atoms in total. The lowest BCUT2D eigenvalue weighted by atomic mass is 10.0. The largest absolute Gasteiger partial charge is 0.480 e. The Labute approximate surface area is 239 Å². The van der Waals surface area contributed by atoms with Crippen LogP contribution in [0.4, 0.5) is 0 Å². The molecule has 226 valence electrons. The predicted octanol–water partition coefficient (Wildman–Crippen LogP) is 8.83. The monoisotopic (exact) mass is 549 g/mol. The van der Waals surface area contributed by atoms with E-state index in [9.17, 15) is 14.4 Å². The van der Waals surface area contributed by atoms with Crippen molar-refractivity contribution >= 4 is 17.8 Å². The Hall–Kier alpha value is -2.11. The van der Waals surface area contributed by atoms with Gasteiger partial charge in [0.05, 0.1) is 0 Å². The minimum Gasteiger partial charge on any atom is -0.480 e. The van der Waals surface area contributed by atoms with Gasteiger partial charge in [-0.15, -0.1) is 0 Å². The lowest BCUT2D eigenvalue weighted by Crippen LogP contribution is -2.28. The Morgan fingerprint density at radius 2 is 1.18 bits per heavy atom. The van der Waals surface area contributed by atoms with Crippen LogP contribution in [0.2, 0.25) is 0 Å². The second-order valence-electron chi connectivity index (χ2n) is 10.7. The van der Waals surface area contributed by atoms with Crippen LogP contribution in [0.1, 0.15) is 155 Å². The number of rotatable bonds is 28. The second kappa shape index (κ2) is 28.9. The Bertz CT molecular complexity index is 658. The van der Waals surface area contributed by atoms with Crippen molar-refractivity contribution < 1.29 is 24.2 Å². The molecule has 0 saturated heterocycles. The van der Waals surface area contributed by atoms with Crippen molar-refractivity contribution in [3.05, 3.63) is 24.3 Å². The van der Waals surface area contributed by atoms with Gasteiger partial charge in [0.2, 0.25) is 5.91 Å². The van der Waals surface area contributed by atoms with Crippen LogP contribution in [-0.4, -0.2) is 35.6 Å². The molecule has 0 saturated carbocycles. The van der Waals surface area contributed by atoms with Gasteiger partial charge in [-0.1, -0.05) is 95.9 Å². The molecule has 0 spiro atoms. The number of ether oxygens (including phenoxy) is 1. The van der Waals surface area contributed by atoms with E-state index in [1.165, 1.54) is 64.2 Å². The van der Waals surface area contributed by atoms with Gasteiger partial charge in [-0.3, -0.25) is 14.4 Å². The highest BCUT2D eigenvalue weighted by Gasteiger charge is 2.14. The van der Waals surface area contributed by atoms with Crippen LogP contribution in [-0.2, 0) is 19.1 Å². The average Bonchev–Trinajstić information content (AvgIpc) is 2.91. The molecule has 0 bridgehead atoms. The number of carbonyl (C=O) groups excluding carboxylic acids is 2. The van der Waals surface area contributed by atoms with Crippen molar-refractivity contribution in [2.45, 2.75) is 161 Å². The number of hydrogen-bond donors (Lipinski definition) is 2. The first-order valence-electron chi connectivity index (χ1n) is 16.0. The van der Waals surface area contributed by atoms with Crippen molar-refractivity contribution in [2.24, 2.45) is 0 Å². The number of unbranched alkanes of at least 4 members (excludes halogenated alkanes) is 13. The van der Waals surface area contributed by atoms with Crippen LogP contribution in [0.15, 0.2) is 24.3 Å². The van der Waals surface area contributed by atoms with Gasteiger partial charge in [0.25, 0.3) is 0 Å². The Morgan fingerprint density at radius 1 is 0.667 bits per heavy atom. The minimum absolute atomic E-state index is 0.0341. The van der Waals surface area contributed by atoms with E-state index >= 15 is 0 Å². The highest BCUT2D eigenvalue weighted by atomic mass is 16.5. The third-order valence-corrected chi connectivity index (χ3v) is 6.88. The van der Waals surface area contributed by atoms with Crippen LogP contribution in [0, 0.1) is 0 Å². The molecule has 2 N–H and O–H groups in total. The zero-order valence-corrected chi connectivity index (χ0v) is 25.2. The summed E-state index contributed by atoms with van der Waals surface area (Å²) >= 11 is 0. The fourth-order valence-electron chi connectivity index (χ4n) is 4.48. The fraction of sp³-hybridized carbons (Fsp3) is 0.788. The number of carbonyl (C=O) groups is 3. The van der Waals surface area contributed by atoms with Crippen LogP contribution in [0.5, 0.6) is 0 Å². The van der Waals surface area contributed by atoms with E-state index < -0.39 is 5.97 Å². The molecule has 0 aliphatic rings. The van der Waals surface area contributed by atoms with E-state index in [0.29, 0.717) is 19.3 Å². The predicted molar refractivity (Wildman–Crippen MR) is 162 cm³/mol. The maximum absolute atomic E-state index is 12.4. The SMILES string of the molecule is CCCCC/C=C\C/C=C\CCCCCCCC(=O)OC(CCCCCC)CCCCCC(=O)NCC(=O)O. The Morgan fingerprint density at radius 3 is 1.82 bits per heavy atom. The van der Waals surface area contributed by atoms with Gasteiger partial charge in [-0.25, -0.2) is 0 Å². The molecule has 0 aliphatic carbocycles. The number of aliphatic carboxylic acids is 1. The minimum atomic E-state index is -1.03. The summed E-state index contributed by atoms with van der Waals surface area (Å²) in [4.78, 5) is 34.6. The zero-order valence-electron chi connectivity index (χ0n) is 25.2. The molecule has 0 rings (SSSR count). The maximum atomic E-state index is 12.4. The molecule has 0 aromatic carbocycles. The number of amides is 1. The van der Waals surface area contributed by atoms with E-state index in [1.807, 2.05) is 0 Å². The third kappa shape index (κ3) is 28.7. The topological polar surface area (TPSA) is 92.7 Å². The summed E-state index contributed by atoms with van der Waals surface area (Å²) in [6.45, 7) is 4.10. The molecule has 0 radical (unpaired) electrons. The summed E-state index contributed by atoms with van der Waals surface area (Å²) in [6.07, 6.45) is 31.6. The molecule has 0 heterocycles. The maximum Gasteiger partial charge on any atom is 0.322 e. The number of nitrogens with one attached hydrogen (secondary N) is 1. The number of carboxylic acids is 1. The molecular weight excluding hydrogens is 490 g/mol. The number of allylic oxidation sites excluding steroid dienone is 4. The standard InChI is InChI=1S/C33H59NO5/c1-3-5-7-9-10-11-12-13-14-15-16-17-18-19-24-28-33(38)39-30(25-21-8-6-4-2)26-22-20-23-27-31(35)34-29-32(36)37/h10-11,13-14,30H,3-9,12,15-29H2,1-2H3,(H,34,35)(H,36,37)/b11-10-,14-13-. The van der Waals surface area contributed by atoms with Crippen LogP contribution in [0.25, 0.3) is 0 Å². The molecule has 0 aromatic heterocycles. The van der Waals surface area contributed by atoms with E-state index in [4.69, 9.17) is 9.84 Å². The molecule has 1 amide bonds. The van der Waals surface area contributed by atoms with Gasteiger partial charge in [0.15, 0.2) is 0 Å². The number of hydrogen-bond acceptors (Lipinski definition) is 4. The van der Waals surface area contributed by atoms with Crippen LogP contribution >= 0.6 is 0 Å². The molecule has 6 heteroatoms. The molecule has 0 aromatic rings. The molecule has 0 aliphatic heterocycles. The van der Waals surface area contributed by atoms with Gasteiger partial charge in [0, 0.05) is 12.8 Å². The first-order valence-corrected chi connectivity index (χ1v) is 16.0. The lowest BCUT2D eigenvalue weighted by Gasteiger charge is -2.18. The van der Waals surface area contributed by atoms with Gasteiger partial charge < -0.3 is 15.2 Å². The van der Waals surface area contributed by atoms with Crippen molar-refractivity contribution in [3.8, 4) is 0 Å². The van der Waals surface area contributed by atoms with Crippen molar-refractivity contribution in [1.82, 2.24) is 5.32 Å². The molecule has 1 unspecified atom stereocenters. The smallest absolute Gasteiger partial charge is 0.322 e. The average molecular weight is 550 g/mol. The normalized spacial score (nSPS) is 12.3. The highest BCUT2D eigenvalue weighted by Crippen LogP contribution is 2.17. The lowest BCUT2D eigenvalue weighted by molar-refractivity contribution is -0.150. The summed E-state index contributed by atoms with van der Waals surface area (Å²) in [5.74, 6) is -1.33. The van der Waals surface area contributed by atoms with E-state index in [1.54, 1.807) is 0 Å². The summed E-state index contributed by atoms with van der Waals surface area (Å²) in [5, 5.41) is 11.0. The highest BCUT2D eigenvalue weighted by molar-refractivity contribution is 5.80. The zero-order chi connectivity index (χ0) is 28.8. The van der Waals surface area contributed by atoms with Gasteiger partial charge >= 0.3 is 11.9 Å². The quantitative estimate of drug-likeness (QED) is 0.0578. The molecule has 1 atom stereocenters. The first-order chi connectivity index (χ1) is 19.0. The molecular formula is C33H59NO5. The Kier molecular flexibility index (Phi) is 27.3. The van der Waals surface area contributed by atoms with Crippen molar-refractivity contribution in [1.29, 1.82) is 0 Å². The third-order valence-electron chi connectivity index (χ3n) is 6.88.